The highest BCUT2D eigenvalue weighted by Gasteiger charge is 2.64. The Balaban J connectivity index is 2.12. The highest BCUT2D eigenvalue weighted by atomic mass is 35.5. The van der Waals surface area contributed by atoms with Crippen LogP contribution in [0.25, 0.3) is 0 Å². The van der Waals surface area contributed by atoms with Crippen molar-refractivity contribution in [3.63, 3.8) is 0 Å². The third-order valence-electron chi connectivity index (χ3n) is 5.19. The Bertz CT molecular complexity index is 597. The molecule has 0 spiro atoms. The highest BCUT2D eigenvalue weighted by Crippen LogP contribution is 2.67. The number of carbonyl (C=O) groups is 1. The summed E-state index contributed by atoms with van der Waals surface area (Å²) in [6.07, 6.45) is 0. The quantitative estimate of drug-likeness (QED) is 0.681. The van der Waals surface area contributed by atoms with Crippen LogP contribution >= 0.6 is 11.6 Å². The molecule has 1 aromatic carbocycles. The van der Waals surface area contributed by atoms with E-state index in [9.17, 15) is 14.9 Å². The zero-order valence-electron chi connectivity index (χ0n) is 12.6. The molecule has 0 atom stereocenters. The maximum absolute atomic E-state index is 12.2. The molecule has 6 heteroatoms. The number of hydrogen-bond donors (Lipinski definition) is 1. The SMILES string of the molecule is CC1(C)C(CNC(=O)c2cc(Cl)ccc2[N+](=O)[O-])C1(C)C. The molecular weight excluding hydrogens is 292 g/mol. The third-order valence-corrected chi connectivity index (χ3v) is 5.42. The van der Waals surface area contributed by atoms with Crippen molar-refractivity contribution in [1.29, 1.82) is 0 Å². The lowest BCUT2D eigenvalue weighted by Crippen LogP contribution is -2.27. The van der Waals surface area contributed by atoms with E-state index in [4.69, 9.17) is 11.6 Å². The van der Waals surface area contributed by atoms with E-state index in [0.717, 1.165) is 0 Å². The van der Waals surface area contributed by atoms with Crippen molar-refractivity contribution in [2.75, 3.05) is 6.54 Å². The first kappa shape index (κ1) is 15.8. The number of amides is 1. The van der Waals surface area contributed by atoms with Crippen LogP contribution in [-0.4, -0.2) is 17.4 Å². The van der Waals surface area contributed by atoms with Gasteiger partial charge in [0.2, 0.25) is 0 Å². The molecule has 1 fully saturated rings. The number of carbonyl (C=O) groups excluding carboxylic acids is 1. The number of benzene rings is 1. The zero-order valence-corrected chi connectivity index (χ0v) is 13.3. The van der Waals surface area contributed by atoms with E-state index in [-0.39, 0.29) is 22.1 Å². The van der Waals surface area contributed by atoms with E-state index in [1.165, 1.54) is 18.2 Å². The zero-order chi connectivity index (χ0) is 16.0. The van der Waals surface area contributed by atoms with Crippen molar-refractivity contribution >= 4 is 23.2 Å². The number of rotatable bonds is 4. The fourth-order valence-corrected chi connectivity index (χ4v) is 3.15. The van der Waals surface area contributed by atoms with E-state index < -0.39 is 10.8 Å². The van der Waals surface area contributed by atoms with E-state index in [2.05, 4.69) is 33.0 Å². The fourth-order valence-electron chi connectivity index (χ4n) is 2.98. The van der Waals surface area contributed by atoms with Crippen LogP contribution in [0.4, 0.5) is 5.69 Å². The largest absolute Gasteiger partial charge is 0.351 e. The summed E-state index contributed by atoms with van der Waals surface area (Å²) in [6.45, 7) is 9.14. The van der Waals surface area contributed by atoms with Crippen molar-refractivity contribution in [2.45, 2.75) is 27.7 Å². The van der Waals surface area contributed by atoms with Gasteiger partial charge in [-0.25, -0.2) is 0 Å². The Morgan fingerprint density at radius 2 is 1.90 bits per heavy atom. The first-order valence-electron chi connectivity index (χ1n) is 6.81. The molecule has 1 N–H and O–H groups in total. The van der Waals surface area contributed by atoms with Gasteiger partial charge in [-0.3, -0.25) is 14.9 Å². The lowest BCUT2D eigenvalue weighted by molar-refractivity contribution is -0.385. The molecule has 0 saturated heterocycles. The van der Waals surface area contributed by atoms with Gasteiger partial charge in [-0.2, -0.15) is 0 Å². The van der Waals surface area contributed by atoms with Crippen molar-refractivity contribution in [2.24, 2.45) is 16.7 Å². The summed E-state index contributed by atoms with van der Waals surface area (Å²) >= 11 is 5.83. The minimum atomic E-state index is -0.573. The van der Waals surface area contributed by atoms with Crippen molar-refractivity contribution < 1.29 is 9.72 Å². The van der Waals surface area contributed by atoms with Crippen molar-refractivity contribution in [3.8, 4) is 0 Å². The number of nitrogens with zero attached hydrogens (tertiary/aromatic N) is 1. The predicted molar refractivity (Wildman–Crippen MR) is 81.5 cm³/mol. The summed E-state index contributed by atoms with van der Waals surface area (Å²) in [4.78, 5) is 22.6. The average Bonchev–Trinajstić information content (AvgIpc) is 2.76. The molecule has 1 amide bonds. The Hall–Kier alpha value is -1.62. The van der Waals surface area contributed by atoms with Crippen LogP contribution in [0.1, 0.15) is 38.1 Å². The lowest BCUT2D eigenvalue weighted by atomic mass is 10.0. The molecule has 1 aliphatic rings. The number of halogens is 1. The van der Waals surface area contributed by atoms with Gasteiger partial charge in [-0.15, -0.1) is 0 Å². The summed E-state index contributed by atoms with van der Waals surface area (Å²) in [7, 11) is 0. The van der Waals surface area contributed by atoms with Crippen LogP contribution < -0.4 is 5.32 Å². The molecule has 0 aromatic heterocycles. The van der Waals surface area contributed by atoms with Crippen LogP contribution in [0.15, 0.2) is 18.2 Å². The molecule has 1 saturated carbocycles. The molecule has 114 valence electrons. The molecule has 21 heavy (non-hydrogen) atoms. The van der Waals surface area contributed by atoms with Gasteiger partial charge in [0.05, 0.1) is 4.92 Å². The maximum atomic E-state index is 12.2. The second-order valence-electron chi connectivity index (χ2n) is 6.62. The van der Waals surface area contributed by atoms with Gasteiger partial charge in [0.15, 0.2) is 0 Å². The number of hydrogen-bond acceptors (Lipinski definition) is 3. The van der Waals surface area contributed by atoms with Gasteiger partial charge >= 0.3 is 0 Å². The molecule has 1 aromatic rings. The normalized spacial score (nSPS) is 19.1. The third kappa shape index (κ3) is 2.62. The molecule has 0 unspecified atom stereocenters. The second-order valence-corrected chi connectivity index (χ2v) is 7.06. The van der Waals surface area contributed by atoms with Crippen LogP contribution in [-0.2, 0) is 0 Å². The average molecular weight is 311 g/mol. The minimum absolute atomic E-state index is 0.00348. The Morgan fingerprint density at radius 3 is 2.38 bits per heavy atom. The van der Waals surface area contributed by atoms with E-state index >= 15 is 0 Å². The van der Waals surface area contributed by atoms with E-state index in [0.29, 0.717) is 17.5 Å². The van der Waals surface area contributed by atoms with Crippen molar-refractivity contribution in [3.05, 3.63) is 38.9 Å². The minimum Gasteiger partial charge on any atom is -0.351 e. The lowest BCUT2D eigenvalue weighted by Gasteiger charge is -2.07. The van der Waals surface area contributed by atoms with Gasteiger partial charge in [0.1, 0.15) is 5.56 Å². The topological polar surface area (TPSA) is 72.2 Å². The van der Waals surface area contributed by atoms with E-state index in [1.54, 1.807) is 0 Å². The fraction of sp³-hybridized carbons (Fsp3) is 0.533. The summed E-state index contributed by atoms with van der Waals surface area (Å²) in [6, 6.07) is 3.99. The molecule has 5 nitrogen and oxygen atoms in total. The van der Waals surface area contributed by atoms with Gasteiger partial charge in [-0.05, 0) is 28.9 Å². The van der Waals surface area contributed by atoms with E-state index in [1.807, 2.05) is 0 Å². The summed E-state index contributed by atoms with van der Waals surface area (Å²) in [5, 5.41) is 14.1. The summed E-state index contributed by atoms with van der Waals surface area (Å²) in [5.74, 6) is -0.102. The Morgan fingerprint density at radius 1 is 1.33 bits per heavy atom. The molecule has 0 heterocycles. The first-order chi connectivity index (χ1) is 9.59. The first-order valence-corrected chi connectivity index (χ1v) is 7.19. The molecule has 2 rings (SSSR count). The monoisotopic (exact) mass is 310 g/mol. The van der Waals surface area contributed by atoms with Gasteiger partial charge in [0, 0.05) is 17.6 Å². The van der Waals surface area contributed by atoms with Crippen LogP contribution in [0.5, 0.6) is 0 Å². The van der Waals surface area contributed by atoms with Gasteiger partial charge < -0.3 is 5.32 Å². The summed E-state index contributed by atoms with van der Waals surface area (Å²) < 4.78 is 0. The highest BCUT2D eigenvalue weighted by molar-refractivity contribution is 6.31. The molecule has 0 bridgehead atoms. The van der Waals surface area contributed by atoms with Crippen LogP contribution in [0.3, 0.4) is 0 Å². The van der Waals surface area contributed by atoms with Crippen molar-refractivity contribution in [1.82, 2.24) is 5.32 Å². The standard InChI is InChI=1S/C15H19ClN2O3/c1-14(2)12(15(14,3)4)8-17-13(19)10-7-9(16)5-6-11(10)18(20)21/h5-7,12H,8H2,1-4H3,(H,17,19). The molecule has 0 radical (unpaired) electrons. The summed E-state index contributed by atoms with van der Waals surface area (Å²) in [5.41, 5.74) is 0.0798. The Labute approximate surface area is 128 Å². The molecular formula is C15H19ClN2O3. The predicted octanol–water partition coefficient (Wildman–Crippen LogP) is 3.66. The number of nitrogens with one attached hydrogen (secondary N) is 1. The number of nitro groups is 1. The van der Waals surface area contributed by atoms with Crippen LogP contribution in [0.2, 0.25) is 5.02 Å². The second kappa shape index (κ2) is 4.98. The maximum Gasteiger partial charge on any atom is 0.282 e. The van der Waals surface area contributed by atoms with Gasteiger partial charge in [-0.1, -0.05) is 39.3 Å². The van der Waals surface area contributed by atoms with Crippen LogP contribution in [0, 0.1) is 26.9 Å². The Kier molecular flexibility index (Phi) is 3.74. The number of nitro benzene ring substituents is 1. The molecule has 0 aliphatic heterocycles. The van der Waals surface area contributed by atoms with Gasteiger partial charge in [0.25, 0.3) is 11.6 Å². The molecule has 1 aliphatic carbocycles. The smallest absolute Gasteiger partial charge is 0.282 e.